The molecule has 5 nitrogen and oxygen atoms in total. The van der Waals surface area contributed by atoms with Gasteiger partial charge in [-0.3, -0.25) is 9.69 Å². The van der Waals surface area contributed by atoms with Gasteiger partial charge in [-0.15, -0.1) is 0 Å². The molecule has 0 spiro atoms. The van der Waals surface area contributed by atoms with E-state index in [1.54, 1.807) is 0 Å². The molecular formula is C16H30N2O3. The molecule has 2 rings (SSSR count). The van der Waals surface area contributed by atoms with Crippen molar-refractivity contribution in [2.45, 2.75) is 70.2 Å². The number of carbonyl (C=O) groups excluding carboxylic acids is 1. The van der Waals surface area contributed by atoms with Gasteiger partial charge in [0.05, 0.1) is 18.8 Å². The normalized spacial score (nSPS) is 38.2. The van der Waals surface area contributed by atoms with Crippen LogP contribution in [0, 0.1) is 0 Å². The highest BCUT2D eigenvalue weighted by atomic mass is 16.5. The standard InChI is InChI=1S/C16H30N2O3/c1-5-20-15(19)16(17-4)8-6-7-14(9-16)18-10-12(2)21-13(3)11-18/h12-14,17H,5-11H2,1-4H3. The molecule has 1 aliphatic carbocycles. The maximum atomic E-state index is 12.4. The first-order valence-electron chi connectivity index (χ1n) is 8.26. The Morgan fingerprint density at radius 1 is 1.38 bits per heavy atom. The second-order valence-corrected chi connectivity index (χ2v) is 6.51. The second kappa shape index (κ2) is 7.07. The molecule has 0 aromatic carbocycles. The largest absolute Gasteiger partial charge is 0.465 e. The van der Waals surface area contributed by atoms with Crippen LogP contribution in [0.4, 0.5) is 0 Å². The Morgan fingerprint density at radius 3 is 2.62 bits per heavy atom. The third kappa shape index (κ3) is 3.76. The minimum atomic E-state index is -0.510. The van der Waals surface area contributed by atoms with Gasteiger partial charge in [0.2, 0.25) is 0 Å². The van der Waals surface area contributed by atoms with E-state index in [0.717, 1.165) is 38.8 Å². The maximum absolute atomic E-state index is 12.4. The number of nitrogens with zero attached hydrogens (tertiary/aromatic N) is 1. The van der Waals surface area contributed by atoms with Crippen molar-refractivity contribution in [1.82, 2.24) is 10.2 Å². The van der Waals surface area contributed by atoms with E-state index in [-0.39, 0.29) is 18.2 Å². The molecule has 21 heavy (non-hydrogen) atoms. The van der Waals surface area contributed by atoms with E-state index in [1.165, 1.54) is 0 Å². The molecule has 1 aliphatic heterocycles. The first kappa shape index (κ1) is 16.7. The Hall–Kier alpha value is -0.650. The summed E-state index contributed by atoms with van der Waals surface area (Å²) >= 11 is 0. The number of esters is 1. The summed E-state index contributed by atoms with van der Waals surface area (Å²) in [6.07, 6.45) is 4.45. The van der Waals surface area contributed by atoms with Crippen LogP contribution < -0.4 is 5.32 Å². The predicted octanol–water partition coefficient (Wildman–Crippen LogP) is 1.56. The third-order valence-electron chi connectivity index (χ3n) is 4.83. The lowest BCUT2D eigenvalue weighted by atomic mass is 9.78. The van der Waals surface area contributed by atoms with Crippen molar-refractivity contribution in [2.24, 2.45) is 0 Å². The molecule has 0 aromatic heterocycles. The molecule has 0 bridgehead atoms. The number of ether oxygens (including phenoxy) is 2. The molecule has 2 fully saturated rings. The zero-order chi connectivity index (χ0) is 15.5. The fourth-order valence-corrected chi connectivity index (χ4v) is 3.86. The number of hydrogen-bond acceptors (Lipinski definition) is 5. The van der Waals surface area contributed by atoms with Crippen LogP contribution in [0.2, 0.25) is 0 Å². The minimum Gasteiger partial charge on any atom is -0.465 e. The van der Waals surface area contributed by atoms with Crippen LogP contribution in [0.1, 0.15) is 46.5 Å². The van der Waals surface area contributed by atoms with Gasteiger partial charge in [-0.2, -0.15) is 0 Å². The zero-order valence-corrected chi connectivity index (χ0v) is 13.9. The lowest BCUT2D eigenvalue weighted by Crippen LogP contribution is -2.60. The molecule has 0 radical (unpaired) electrons. The third-order valence-corrected chi connectivity index (χ3v) is 4.83. The Labute approximate surface area is 128 Å². The number of likely N-dealkylation sites (N-methyl/N-ethyl adjacent to an activating group) is 1. The van der Waals surface area contributed by atoms with Gasteiger partial charge in [0.25, 0.3) is 0 Å². The van der Waals surface area contributed by atoms with E-state index in [1.807, 2.05) is 14.0 Å². The van der Waals surface area contributed by atoms with Crippen LogP contribution in [0.25, 0.3) is 0 Å². The van der Waals surface area contributed by atoms with Crippen LogP contribution in [0.3, 0.4) is 0 Å². The highest BCUT2D eigenvalue weighted by Crippen LogP contribution is 2.33. The fraction of sp³-hybridized carbons (Fsp3) is 0.938. The van der Waals surface area contributed by atoms with E-state index < -0.39 is 5.54 Å². The first-order chi connectivity index (χ1) is 10.0. The maximum Gasteiger partial charge on any atom is 0.326 e. The van der Waals surface area contributed by atoms with Crippen LogP contribution in [-0.4, -0.2) is 61.4 Å². The highest BCUT2D eigenvalue weighted by molar-refractivity contribution is 5.81. The van der Waals surface area contributed by atoms with Crippen molar-refractivity contribution in [1.29, 1.82) is 0 Å². The van der Waals surface area contributed by atoms with Gasteiger partial charge < -0.3 is 14.8 Å². The summed E-state index contributed by atoms with van der Waals surface area (Å²) in [5.74, 6) is -0.0912. The second-order valence-electron chi connectivity index (χ2n) is 6.51. The number of hydrogen-bond donors (Lipinski definition) is 1. The Morgan fingerprint density at radius 2 is 2.05 bits per heavy atom. The average molecular weight is 298 g/mol. The van der Waals surface area contributed by atoms with Crippen LogP contribution in [0.15, 0.2) is 0 Å². The van der Waals surface area contributed by atoms with Crippen molar-refractivity contribution in [3.05, 3.63) is 0 Å². The fourth-order valence-electron chi connectivity index (χ4n) is 3.86. The molecule has 1 N–H and O–H groups in total. The van der Waals surface area contributed by atoms with E-state index >= 15 is 0 Å². The van der Waals surface area contributed by atoms with Crippen molar-refractivity contribution < 1.29 is 14.3 Å². The van der Waals surface area contributed by atoms with Gasteiger partial charge in [-0.05, 0) is 53.5 Å². The van der Waals surface area contributed by atoms with Crippen LogP contribution in [-0.2, 0) is 14.3 Å². The van der Waals surface area contributed by atoms with E-state index in [9.17, 15) is 4.79 Å². The van der Waals surface area contributed by atoms with Crippen molar-refractivity contribution in [2.75, 3.05) is 26.7 Å². The van der Waals surface area contributed by atoms with Crippen molar-refractivity contribution >= 4 is 5.97 Å². The van der Waals surface area contributed by atoms with E-state index in [4.69, 9.17) is 9.47 Å². The molecule has 0 amide bonds. The van der Waals surface area contributed by atoms with Crippen molar-refractivity contribution in [3.63, 3.8) is 0 Å². The average Bonchev–Trinajstić information content (AvgIpc) is 2.46. The Balaban J connectivity index is 2.06. The van der Waals surface area contributed by atoms with Crippen LogP contribution in [0.5, 0.6) is 0 Å². The van der Waals surface area contributed by atoms with Crippen LogP contribution >= 0.6 is 0 Å². The van der Waals surface area contributed by atoms with Gasteiger partial charge in [-0.1, -0.05) is 0 Å². The molecule has 1 saturated heterocycles. The molecule has 122 valence electrons. The molecule has 1 heterocycles. The molecule has 4 atom stereocenters. The van der Waals surface area contributed by atoms with E-state index in [2.05, 4.69) is 24.1 Å². The van der Waals surface area contributed by atoms with Gasteiger partial charge in [0, 0.05) is 19.1 Å². The number of carbonyl (C=O) groups is 1. The smallest absolute Gasteiger partial charge is 0.326 e. The number of morpholine rings is 1. The summed E-state index contributed by atoms with van der Waals surface area (Å²) in [5.41, 5.74) is -0.510. The summed E-state index contributed by atoms with van der Waals surface area (Å²) in [7, 11) is 1.88. The molecule has 2 aliphatic rings. The Kier molecular flexibility index (Phi) is 5.63. The molecule has 4 unspecified atom stereocenters. The first-order valence-corrected chi connectivity index (χ1v) is 8.26. The SMILES string of the molecule is CCOC(=O)C1(NC)CCCC(N2CC(C)OC(C)C2)C1. The van der Waals surface area contributed by atoms with Crippen molar-refractivity contribution in [3.8, 4) is 0 Å². The lowest BCUT2D eigenvalue weighted by Gasteiger charge is -2.46. The highest BCUT2D eigenvalue weighted by Gasteiger charge is 2.45. The summed E-state index contributed by atoms with van der Waals surface area (Å²) in [5, 5.41) is 3.26. The van der Waals surface area contributed by atoms with Gasteiger partial charge in [-0.25, -0.2) is 0 Å². The summed E-state index contributed by atoms with van der Waals surface area (Å²) in [6.45, 7) is 8.48. The summed E-state index contributed by atoms with van der Waals surface area (Å²) in [6, 6.07) is 0.435. The van der Waals surface area contributed by atoms with Gasteiger partial charge in [0.1, 0.15) is 5.54 Å². The lowest BCUT2D eigenvalue weighted by molar-refractivity contribution is -0.154. The summed E-state index contributed by atoms with van der Waals surface area (Å²) < 4.78 is 11.1. The van der Waals surface area contributed by atoms with E-state index in [0.29, 0.717) is 12.6 Å². The molecule has 0 aromatic rings. The van der Waals surface area contributed by atoms with Gasteiger partial charge in [0.15, 0.2) is 0 Å². The Bertz CT molecular complexity index is 353. The van der Waals surface area contributed by atoms with Gasteiger partial charge >= 0.3 is 5.97 Å². The number of nitrogens with one attached hydrogen (secondary N) is 1. The molecule has 1 saturated carbocycles. The predicted molar refractivity (Wildman–Crippen MR) is 82.3 cm³/mol. The topological polar surface area (TPSA) is 50.8 Å². The zero-order valence-electron chi connectivity index (χ0n) is 13.9. The minimum absolute atomic E-state index is 0.0912. The molecular weight excluding hydrogens is 268 g/mol. The monoisotopic (exact) mass is 298 g/mol. The quantitative estimate of drug-likeness (QED) is 0.798. The number of rotatable bonds is 4. The molecule has 5 heteroatoms. The summed E-state index contributed by atoms with van der Waals surface area (Å²) in [4.78, 5) is 14.9.